The van der Waals surface area contributed by atoms with Crippen LogP contribution >= 0.6 is 15.9 Å². The van der Waals surface area contributed by atoms with Gasteiger partial charge in [-0.1, -0.05) is 0 Å². The van der Waals surface area contributed by atoms with Crippen molar-refractivity contribution in [2.45, 2.75) is 39.3 Å². The number of hydrogen-bond donors (Lipinski definition) is 2. The third kappa shape index (κ3) is 6.19. The molecule has 24 heavy (non-hydrogen) atoms. The van der Waals surface area contributed by atoms with Gasteiger partial charge in [0, 0.05) is 5.54 Å². The Morgan fingerprint density at radius 2 is 1.83 bits per heavy atom. The van der Waals surface area contributed by atoms with Crippen LogP contribution in [0.15, 0.2) is 22.7 Å². The molecule has 0 aliphatic heterocycles. The lowest BCUT2D eigenvalue weighted by atomic mass is 10.1. The molecule has 0 saturated carbocycles. The first-order chi connectivity index (χ1) is 11.0. The quantitative estimate of drug-likeness (QED) is 0.757. The topological polar surface area (TPSA) is 93.7 Å². The van der Waals surface area contributed by atoms with Gasteiger partial charge in [-0.3, -0.25) is 10.1 Å². The summed E-state index contributed by atoms with van der Waals surface area (Å²) in [6.45, 7) is 6.92. The zero-order chi connectivity index (χ0) is 18.5. The van der Waals surface area contributed by atoms with Gasteiger partial charge in [-0.25, -0.2) is 9.59 Å². The summed E-state index contributed by atoms with van der Waals surface area (Å²) in [5.41, 5.74) is -0.111. The number of amides is 3. The van der Waals surface area contributed by atoms with E-state index in [1.54, 1.807) is 20.8 Å². The van der Waals surface area contributed by atoms with Crippen LogP contribution in [-0.2, 0) is 9.53 Å². The smallest absolute Gasteiger partial charge is 0.337 e. The Balaban J connectivity index is 2.70. The van der Waals surface area contributed by atoms with E-state index in [0.717, 1.165) is 0 Å². The second-order valence-electron chi connectivity index (χ2n) is 6.09. The molecule has 0 heterocycles. The van der Waals surface area contributed by atoms with Gasteiger partial charge < -0.3 is 14.8 Å². The molecule has 1 unspecified atom stereocenters. The first-order valence-electron chi connectivity index (χ1n) is 7.21. The Bertz CT molecular complexity index is 640. The van der Waals surface area contributed by atoms with Crippen LogP contribution in [-0.4, -0.2) is 36.7 Å². The number of rotatable bonds is 4. The number of carbonyl (C=O) groups excluding carboxylic acids is 3. The van der Waals surface area contributed by atoms with Crippen LogP contribution in [0.3, 0.4) is 0 Å². The summed E-state index contributed by atoms with van der Waals surface area (Å²) in [7, 11) is 1.29. The highest BCUT2D eigenvalue weighted by Crippen LogP contribution is 2.27. The molecule has 8 heteroatoms. The Morgan fingerprint density at radius 3 is 2.33 bits per heavy atom. The van der Waals surface area contributed by atoms with E-state index in [4.69, 9.17) is 4.74 Å². The van der Waals surface area contributed by atoms with E-state index in [1.165, 1.54) is 32.2 Å². The summed E-state index contributed by atoms with van der Waals surface area (Å²) >= 11 is 3.27. The first kappa shape index (κ1) is 20.0. The van der Waals surface area contributed by atoms with Crippen molar-refractivity contribution in [3.8, 4) is 5.75 Å². The summed E-state index contributed by atoms with van der Waals surface area (Å²) in [5.74, 6) is -0.700. The summed E-state index contributed by atoms with van der Waals surface area (Å²) in [5, 5.41) is 4.83. The molecule has 7 nitrogen and oxygen atoms in total. The number of ether oxygens (including phenoxy) is 2. The molecule has 2 N–H and O–H groups in total. The Kier molecular flexibility index (Phi) is 6.77. The summed E-state index contributed by atoms with van der Waals surface area (Å²) < 4.78 is 10.6. The molecule has 0 aliphatic carbocycles. The standard InChI is InChI=1S/C16H21BrN2O5/c1-9(13(20)18-15(22)19-16(2,3)4)24-12-7-6-10(8-11(12)17)14(21)23-5/h6-9H,1-5H3,(H2,18,19,20,22). The zero-order valence-electron chi connectivity index (χ0n) is 14.2. The molecule has 1 aromatic carbocycles. The maximum atomic E-state index is 12.0. The second-order valence-corrected chi connectivity index (χ2v) is 6.94. The van der Waals surface area contributed by atoms with E-state index in [9.17, 15) is 14.4 Å². The van der Waals surface area contributed by atoms with Gasteiger partial charge >= 0.3 is 12.0 Å². The maximum absolute atomic E-state index is 12.0. The minimum absolute atomic E-state index is 0.346. The van der Waals surface area contributed by atoms with E-state index in [2.05, 4.69) is 31.3 Å². The minimum atomic E-state index is -0.906. The molecule has 132 valence electrons. The molecule has 0 radical (unpaired) electrons. The normalized spacial score (nSPS) is 12.1. The average molecular weight is 401 g/mol. The minimum Gasteiger partial charge on any atom is -0.480 e. The Morgan fingerprint density at radius 1 is 1.21 bits per heavy atom. The summed E-state index contributed by atoms with van der Waals surface area (Å²) in [6, 6.07) is 3.99. The molecule has 0 aliphatic rings. The van der Waals surface area contributed by atoms with Gasteiger partial charge in [0.2, 0.25) is 0 Å². The SMILES string of the molecule is COC(=O)c1ccc(OC(C)C(=O)NC(=O)NC(C)(C)C)c(Br)c1. The van der Waals surface area contributed by atoms with E-state index < -0.39 is 29.6 Å². The van der Waals surface area contributed by atoms with Crippen molar-refractivity contribution in [1.29, 1.82) is 0 Å². The zero-order valence-corrected chi connectivity index (χ0v) is 15.8. The van der Waals surface area contributed by atoms with Crippen LogP contribution in [0.4, 0.5) is 4.79 Å². The van der Waals surface area contributed by atoms with Crippen LogP contribution in [0, 0.1) is 0 Å². The average Bonchev–Trinajstić information content (AvgIpc) is 2.46. The first-order valence-corrected chi connectivity index (χ1v) is 8.00. The fraction of sp³-hybridized carbons (Fsp3) is 0.438. The van der Waals surface area contributed by atoms with Gasteiger partial charge in [-0.15, -0.1) is 0 Å². The van der Waals surface area contributed by atoms with Crippen molar-refractivity contribution in [2.24, 2.45) is 0 Å². The number of benzene rings is 1. The number of carbonyl (C=O) groups is 3. The van der Waals surface area contributed by atoms with Gasteiger partial charge in [0.15, 0.2) is 6.10 Å². The highest BCUT2D eigenvalue weighted by Gasteiger charge is 2.21. The summed E-state index contributed by atoms with van der Waals surface area (Å²) in [4.78, 5) is 35.1. The van der Waals surface area contributed by atoms with E-state index in [0.29, 0.717) is 15.8 Å². The summed E-state index contributed by atoms with van der Waals surface area (Å²) in [6.07, 6.45) is -0.906. The number of hydrogen-bond acceptors (Lipinski definition) is 5. The molecule has 0 fully saturated rings. The van der Waals surface area contributed by atoms with E-state index >= 15 is 0 Å². The second kappa shape index (κ2) is 8.14. The van der Waals surface area contributed by atoms with Crippen LogP contribution in [0.1, 0.15) is 38.1 Å². The molecule has 1 atom stereocenters. The molecule has 0 bridgehead atoms. The largest absolute Gasteiger partial charge is 0.480 e. The number of halogens is 1. The van der Waals surface area contributed by atoms with Crippen LogP contribution in [0.5, 0.6) is 5.75 Å². The fourth-order valence-corrected chi connectivity index (χ4v) is 2.14. The third-order valence-electron chi connectivity index (χ3n) is 2.75. The highest BCUT2D eigenvalue weighted by atomic mass is 79.9. The molecule has 1 aromatic rings. The molecule has 0 saturated heterocycles. The lowest BCUT2D eigenvalue weighted by Crippen LogP contribution is -2.50. The van der Waals surface area contributed by atoms with Crippen LogP contribution in [0.2, 0.25) is 0 Å². The van der Waals surface area contributed by atoms with Crippen molar-refractivity contribution in [2.75, 3.05) is 7.11 Å². The van der Waals surface area contributed by atoms with Crippen LogP contribution in [0.25, 0.3) is 0 Å². The van der Waals surface area contributed by atoms with Gasteiger partial charge in [0.05, 0.1) is 17.1 Å². The predicted octanol–water partition coefficient (Wildman–Crippen LogP) is 2.63. The molecule has 1 rings (SSSR count). The number of esters is 1. The van der Waals surface area contributed by atoms with E-state index in [-0.39, 0.29) is 0 Å². The van der Waals surface area contributed by atoms with Gasteiger partial charge in [0.25, 0.3) is 5.91 Å². The van der Waals surface area contributed by atoms with Crippen molar-refractivity contribution < 1.29 is 23.9 Å². The van der Waals surface area contributed by atoms with Crippen molar-refractivity contribution >= 4 is 33.8 Å². The van der Waals surface area contributed by atoms with Gasteiger partial charge in [0.1, 0.15) is 5.75 Å². The van der Waals surface area contributed by atoms with Gasteiger partial charge in [-0.05, 0) is 61.8 Å². The Labute approximate surface area is 149 Å². The molecular formula is C16H21BrN2O5. The molecule has 0 spiro atoms. The number of urea groups is 1. The number of imide groups is 1. The maximum Gasteiger partial charge on any atom is 0.337 e. The van der Waals surface area contributed by atoms with E-state index in [1.807, 2.05) is 0 Å². The fourth-order valence-electron chi connectivity index (χ4n) is 1.67. The number of nitrogens with one attached hydrogen (secondary N) is 2. The van der Waals surface area contributed by atoms with Gasteiger partial charge in [-0.2, -0.15) is 0 Å². The van der Waals surface area contributed by atoms with Crippen molar-refractivity contribution in [1.82, 2.24) is 10.6 Å². The monoisotopic (exact) mass is 400 g/mol. The number of methoxy groups -OCH3 is 1. The predicted molar refractivity (Wildman–Crippen MR) is 92.0 cm³/mol. The highest BCUT2D eigenvalue weighted by molar-refractivity contribution is 9.10. The van der Waals surface area contributed by atoms with Crippen LogP contribution < -0.4 is 15.4 Å². The Hall–Kier alpha value is -2.09. The molecule has 3 amide bonds. The lowest BCUT2D eigenvalue weighted by molar-refractivity contribution is -0.126. The molecular weight excluding hydrogens is 380 g/mol. The third-order valence-corrected chi connectivity index (χ3v) is 3.37. The van der Waals surface area contributed by atoms with Crippen molar-refractivity contribution in [3.63, 3.8) is 0 Å². The van der Waals surface area contributed by atoms with Crippen molar-refractivity contribution in [3.05, 3.63) is 28.2 Å². The molecule has 0 aromatic heterocycles. The lowest BCUT2D eigenvalue weighted by Gasteiger charge is -2.21.